The van der Waals surface area contributed by atoms with Crippen molar-refractivity contribution in [3.63, 3.8) is 0 Å². The number of halogens is 2. The highest BCUT2D eigenvalue weighted by molar-refractivity contribution is 6.30. The van der Waals surface area contributed by atoms with Crippen LogP contribution in [0.3, 0.4) is 0 Å². The summed E-state index contributed by atoms with van der Waals surface area (Å²) in [7, 11) is 0. The minimum absolute atomic E-state index is 0. The Hall–Kier alpha value is -0.480. The van der Waals surface area contributed by atoms with Crippen LogP contribution in [0, 0.1) is 0 Å². The molecule has 0 spiro atoms. The number of aliphatic hydroxyl groups excluding tert-OH is 1. The lowest BCUT2D eigenvalue weighted by atomic mass is 9.97. The zero-order valence-corrected chi connectivity index (χ0v) is 12.3. The van der Waals surface area contributed by atoms with Gasteiger partial charge in [-0.3, -0.25) is 0 Å². The van der Waals surface area contributed by atoms with Gasteiger partial charge in [0.25, 0.3) is 0 Å². The topological polar surface area (TPSA) is 32.7 Å². The third-order valence-electron chi connectivity index (χ3n) is 3.17. The Kier molecular flexibility index (Phi) is 4.90. The Labute approximate surface area is 119 Å². The Morgan fingerprint density at radius 2 is 2.11 bits per heavy atom. The quantitative estimate of drug-likeness (QED) is 0.863. The van der Waals surface area contributed by atoms with Crippen molar-refractivity contribution in [3.05, 3.63) is 29.3 Å². The molecule has 5 heteroatoms. The molecule has 1 N–H and O–H groups in total. The maximum atomic E-state index is 9.81. The van der Waals surface area contributed by atoms with Crippen LogP contribution >= 0.6 is 24.0 Å². The molecule has 18 heavy (non-hydrogen) atoms. The van der Waals surface area contributed by atoms with E-state index in [0.717, 1.165) is 5.69 Å². The van der Waals surface area contributed by atoms with Crippen molar-refractivity contribution in [1.82, 2.24) is 0 Å². The van der Waals surface area contributed by atoms with Gasteiger partial charge in [-0.05, 0) is 39.0 Å². The van der Waals surface area contributed by atoms with Crippen LogP contribution in [0.2, 0.25) is 5.02 Å². The molecule has 0 saturated carbocycles. The van der Waals surface area contributed by atoms with Crippen molar-refractivity contribution in [3.8, 4) is 0 Å². The van der Waals surface area contributed by atoms with E-state index in [-0.39, 0.29) is 24.0 Å². The van der Waals surface area contributed by atoms with E-state index in [0.29, 0.717) is 11.6 Å². The number of hydrogen-bond acceptors (Lipinski definition) is 3. The maximum absolute atomic E-state index is 9.81. The van der Waals surface area contributed by atoms with E-state index in [2.05, 4.69) is 18.7 Å². The molecule has 102 valence electrons. The molecule has 1 aromatic rings. The molecular weight excluding hydrogens is 273 g/mol. The van der Waals surface area contributed by atoms with E-state index in [4.69, 9.17) is 16.3 Å². The summed E-state index contributed by atoms with van der Waals surface area (Å²) < 4.78 is 5.37. The molecule has 0 aromatic heterocycles. The molecule has 2 atom stereocenters. The summed E-state index contributed by atoms with van der Waals surface area (Å²) in [5.74, 6) is 0. The van der Waals surface area contributed by atoms with Crippen molar-refractivity contribution in [2.45, 2.75) is 38.6 Å². The van der Waals surface area contributed by atoms with Crippen LogP contribution in [0.1, 0.15) is 20.8 Å². The second-order valence-electron chi connectivity index (χ2n) is 5.10. The summed E-state index contributed by atoms with van der Waals surface area (Å²) in [5.41, 5.74) is 0.848. The van der Waals surface area contributed by atoms with E-state index in [9.17, 15) is 5.11 Å². The summed E-state index contributed by atoms with van der Waals surface area (Å²) in [6, 6.07) is 7.58. The summed E-state index contributed by atoms with van der Waals surface area (Å²) in [6.07, 6.45) is -0.762. The van der Waals surface area contributed by atoms with E-state index < -0.39 is 6.29 Å². The van der Waals surface area contributed by atoms with Gasteiger partial charge >= 0.3 is 0 Å². The molecule has 1 aliphatic heterocycles. The predicted molar refractivity (Wildman–Crippen MR) is 76.7 cm³/mol. The molecule has 2 rings (SSSR count). The first-order chi connectivity index (χ1) is 7.92. The SMILES string of the molecule is CC1C(O)OCC(C)(C)N1c1cccc(Cl)c1.Cl. The van der Waals surface area contributed by atoms with Crippen molar-refractivity contribution >= 4 is 29.7 Å². The standard InChI is InChI=1S/C13H18ClNO2.ClH/c1-9-12(16)17-8-13(2,3)15(9)11-6-4-5-10(14)7-11;/h4-7,9,12,16H,8H2,1-3H3;1H. The number of aliphatic hydroxyl groups is 1. The van der Waals surface area contributed by atoms with Crippen LogP contribution in [0.25, 0.3) is 0 Å². The Bertz CT molecular complexity index is 412. The fraction of sp³-hybridized carbons (Fsp3) is 0.538. The summed E-state index contributed by atoms with van der Waals surface area (Å²) >= 11 is 6.02. The van der Waals surface area contributed by atoms with Gasteiger partial charge < -0.3 is 14.7 Å². The highest BCUT2D eigenvalue weighted by atomic mass is 35.5. The lowest BCUT2D eigenvalue weighted by molar-refractivity contribution is -0.148. The number of nitrogens with zero attached hydrogens (tertiary/aromatic N) is 1. The van der Waals surface area contributed by atoms with E-state index in [1.807, 2.05) is 31.2 Å². The molecule has 0 aliphatic carbocycles. The highest BCUT2D eigenvalue weighted by Crippen LogP contribution is 2.33. The Morgan fingerprint density at radius 3 is 2.72 bits per heavy atom. The summed E-state index contributed by atoms with van der Waals surface area (Å²) in [4.78, 5) is 2.16. The van der Waals surface area contributed by atoms with Gasteiger partial charge in [-0.2, -0.15) is 0 Å². The van der Waals surface area contributed by atoms with Gasteiger partial charge in [0.1, 0.15) is 0 Å². The Morgan fingerprint density at radius 1 is 1.44 bits per heavy atom. The fourth-order valence-corrected chi connectivity index (χ4v) is 2.57. The number of benzene rings is 1. The number of anilines is 1. The van der Waals surface area contributed by atoms with E-state index in [1.165, 1.54) is 0 Å². The minimum atomic E-state index is -0.762. The molecule has 0 bridgehead atoms. The first kappa shape index (κ1) is 15.6. The van der Waals surface area contributed by atoms with Gasteiger partial charge in [-0.25, -0.2) is 0 Å². The maximum Gasteiger partial charge on any atom is 0.174 e. The van der Waals surface area contributed by atoms with E-state index >= 15 is 0 Å². The molecule has 3 nitrogen and oxygen atoms in total. The largest absolute Gasteiger partial charge is 0.366 e. The summed E-state index contributed by atoms with van der Waals surface area (Å²) in [6.45, 7) is 6.63. The van der Waals surface area contributed by atoms with Gasteiger partial charge in [0.2, 0.25) is 0 Å². The minimum Gasteiger partial charge on any atom is -0.366 e. The first-order valence-electron chi connectivity index (χ1n) is 5.76. The molecule has 1 aromatic carbocycles. The van der Waals surface area contributed by atoms with Gasteiger partial charge in [0.05, 0.1) is 18.2 Å². The van der Waals surface area contributed by atoms with Gasteiger partial charge in [0, 0.05) is 10.7 Å². The number of ether oxygens (including phenoxy) is 1. The number of hydrogen-bond donors (Lipinski definition) is 1. The predicted octanol–water partition coefficient (Wildman–Crippen LogP) is 3.08. The van der Waals surface area contributed by atoms with Crippen LogP contribution in [0.5, 0.6) is 0 Å². The zero-order chi connectivity index (χ0) is 12.6. The van der Waals surface area contributed by atoms with Gasteiger partial charge in [-0.1, -0.05) is 17.7 Å². The molecule has 0 radical (unpaired) electrons. The average molecular weight is 292 g/mol. The van der Waals surface area contributed by atoms with Crippen LogP contribution in [-0.2, 0) is 4.74 Å². The third kappa shape index (κ3) is 2.91. The summed E-state index contributed by atoms with van der Waals surface area (Å²) in [5, 5.41) is 10.5. The second-order valence-corrected chi connectivity index (χ2v) is 5.54. The molecule has 1 aliphatic rings. The molecule has 1 fully saturated rings. The number of rotatable bonds is 1. The van der Waals surface area contributed by atoms with Gasteiger partial charge in [-0.15, -0.1) is 12.4 Å². The molecule has 2 unspecified atom stereocenters. The highest BCUT2D eigenvalue weighted by Gasteiger charge is 2.39. The average Bonchev–Trinajstić information content (AvgIpc) is 2.24. The van der Waals surface area contributed by atoms with Crippen LogP contribution in [0.4, 0.5) is 5.69 Å². The molecular formula is C13H19Cl2NO2. The van der Waals surface area contributed by atoms with Crippen LogP contribution < -0.4 is 4.90 Å². The third-order valence-corrected chi connectivity index (χ3v) is 3.40. The van der Waals surface area contributed by atoms with Crippen LogP contribution in [-0.4, -0.2) is 29.6 Å². The van der Waals surface area contributed by atoms with Crippen molar-refractivity contribution in [1.29, 1.82) is 0 Å². The van der Waals surface area contributed by atoms with Gasteiger partial charge in [0.15, 0.2) is 6.29 Å². The normalized spacial score (nSPS) is 26.6. The fourth-order valence-electron chi connectivity index (χ4n) is 2.39. The Balaban J connectivity index is 0.00000162. The lowest BCUT2D eigenvalue weighted by Gasteiger charge is -2.49. The van der Waals surface area contributed by atoms with E-state index in [1.54, 1.807) is 0 Å². The van der Waals surface area contributed by atoms with Crippen molar-refractivity contribution < 1.29 is 9.84 Å². The molecule has 1 heterocycles. The number of morpholine rings is 1. The smallest absolute Gasteiger partial charge is 0.174 e. The first-order valence-corrected chi connectivity index (χ1v) is 6.14. The van der Waals surface area contributed by atoms with Crippen molar-refractivity contribution in [2.75, 3.05) is 11.5 Å². The molecule has 0 amide bonds. The van der Waals surface area contributed by atoms with Crippen LogP contribution in [0.15, 0.2) is 24.3 Å². The zero-order valence-electron chi connectivity index (χ0n) is 10.8. The lowest BCUT2D eigenvalue weighted by Crippen LogP contribution is -2.61. The van der Waals surface area contributed by atoms with Crippen molar-refractivity contribution in [2.24, 2.45) is 0 Å². The molecule has 1 saturated heterocycles. The monoisotopic (exact) mass is 291 g/mol. The second kappa shape index (κ2) is 5.66.